The van der Waals surface area contributed by atoms with Gasteiger partial charge in [0.05, 0.1) is 6.61 Å². The van der Waals surface area contributed by atoms with Gasteiger partial charge in [-0.25, -0.2) is 8.42 Å². The summed E-state index contributed by atoms with van der Waals surface area (Å²) in [7, 11) is -4.59. The minimum atomic E-state index is -4.59. The van der Waals surface area contributed by atoms with Crippen LogP contribution in [0.4, 0.5) is 0 Å². The maximum Gasteiger partial charge on any atom is 1.00 e. The third-order valence-corrected chi connectivity index (χ3v) is 5.41. The number of hydrogen-bond donors (Lipinski definition) is 0. The summed E-state index contributed by atoms with van der Waals surface area (Å²) in [6, 6.07) is 0. The van der Waals surface area contributed by atoms with Crippen LogP contribution >= 0.6 is 0 Å². The van der Waals surface area contributed by atoms with Gasteiger partial charge in [-0.1, -0.05) is 116 Å². The molecule has 0 aliphatic carbocycles. The van der Waals surface area contributed by atoms with Crippen molar-refractivity contribution in [2.75, 3.05) is 6.61 Å². The van der Waals surface area contributed by atoms with Crippen molar-refractivity contribution in [1.82, 2.24) is 0 Å². The number of hydrogen-bond acceptors (Lipinski definition) is 4. The van der Waals surface area contributed by atoms with Crippen molar-refractivity contribution in [3.05, 3.63) is 12.2 Å². The molecule has 0 saturated carbocycles. The third kappa shape index (κ3) is 24.6. The average molecular weight is 427 g/mol. The molecule has 0 aliphatic rings. The summed E-state index contributed by atoms with van der Waals surface area (Å²) in [6.07, 6.45) is 23.9. The molecule has 0 spiro atoms. The first-order chi connectivity index (χ1) is 13.0. The molecule has 0 heterocycles. The van der Waals surface area contributed by atoms with Gasteiger partial charge in [0.2, 0.25) is 10.4 Å². The smallest absolute Gasteiger partial charge is 0.726 e. The van der Waals surface area contributed by atoms with Gasteiger partial charge in [-0.3, -0.25) is 4.18 Å². The summed E-state index contributed by atoms with van der Waals surface area (Å²) < 4.78 is 36.5. The first kappa shape index (κ1) is 30.8. The third-order valence-electron chi connectivity index (χ3n) is 4.99. The first-order valence-corrected chi connectivity index (χ1v) is 12.6. The van der Waals surface area contributed by atoms with Crippen molar-refractivity contribution in [3.63, 3.8) is 0 Å². The number of allylic oxidation sites excluding steroid dienone is 1. The van der Waals surface area contributed by atoms with Gasteiger partial charge in [0.15, 0.2) is 0 Å². The van der Waals surface area contributed by atoms with Crippen LogP contribution in [-0.4, -0.2) is 19.6 Å². The maximum atomic E-state index is 10.7. The predicted octanol–water partition coefficient (Wildman–Crippen LogP) is 3.92. The van der Waals surface area contributed by atoms with Gasteiger partial charge < -0.3 is 4.55 Å². The molecule has 0 saturated heterocycles. The van der Waals surface area contributed by atoms with Gasteiger partial charge in [0.25, 0.3) is 0 Å². The molecule has 0 bridgehead atoms. The summed E-state index contributed by atoms with van der Waals surface area (Å²) in [5, 5.41) is 0. The second kappa shape index (κ2) is 22.3. The number of unbranched alkanes of at least 4 members (excludes halogenated alkanes) is 13. The van der Waals surface area contributed by atoms with Gasteiger partial charge in [-0.15, -0.1) is 0 Å². The molecule has 28 heavy (non-hydrogen) atoms. The topological polar surface area (TPSA) is 66.4 Å². The maximum absolute atomic E-state index is 10.7. The predicted molar refractivity (Wildman–Crippen MR) is 113 cm³/mol. The Kier molecular flexibility index (Phi) is 24.5. The van der Waals surface area contributed by atoms with Crippen molar-refractivity contribution in [1.29, 1.82) is 0 Å². The van der Waals surface area contributed by atoms with Crippen molar-refractivity contribution < 1.29 is 46.7 Å². The molecular weight excluding hydrogens is 383 g/mol. The zero-order chi connectivity index (χ0) is 20.2. The van der Waals surface area contributed by atoms with E-state index in [0.717, 1.165) is 32.1 Å². The Balaban J connectivity index is 0. The molecule has 6 heteroatoms. The Morgan fingerprint density at radius 2 is 1.25 bits per heavy atom. The summed E-state index contributed by atoms with van der Waals surface area (Å²) >= 11 is 0. The van der Waals surface area contributed by atoms with Gasteiger partial charge in [-0.2, -0.15) is 0 Å². The molecule has 1 unspecified atom stereocenters. The summed E-state index contributed by atoms with van der Waals surface area (Å²) in [4.78, 5) is 0. The minimum absolute atomic E-state index is 0. The summed E-state index contributed by atoms with van der Waals surface area (Å²) in [5.41, 5.74) is 0. The van der Waals surface area contributed by atoms with Crippen LogP contribution in [-0.2, 0) is 14.6 Å². The Morgan fingerprint density at radius 1 is 0.786 bits per heavy atom. The van der Waals surface area contributed by atoms with Gasteiger partial charge in [0.1, 0.15) is 0 Å². The Hall–Kier alpha value is 0.610. The summed E-state index contributed by atoms with van der Waals surface area (Å²) in [6.45, 7) is 4.38. The molecule has 0 aliphatic heterocycles. The molecule has 0 fully saturated rings. The Morgan fingerprint density at radius 3 is 1.71 bits per heavy atom. The number of rotatable bonds is 20. The fraction of sp³-hybridized carbons (Fsp3) is 0.909. The van der Waals surface area contributed by atoms with E-state index >= 15 is 0 Å². The van der Waals surface area contributed by atoms with Crippen LogP contribution in [0.25, 0.3) is 0 Å². The van der Waals surface area contributed by atoms with Crippen LogP contribution in [0.1, 0.15) is 117 Å². The fourth-order valence-electron chi connectivity index (χ4n) is 3.26. The largest absolute Gasteiger partial charge is 1.00 e. The van der Waals surface area contributed by atoms with E-state index in [1.54, 1.807) is 0 Å². The van der Waals surface area contributed by atoms with Gasteiger partial charge >= 0.3 is 29.6 Å². The Bertz CT molecular complexity index is 438. The van der Waals surface area contributed by atoms with E-state index < -0.39 is 10.4 Å². The monoisotopic (exact) mass is 426 g/mol. The molecule has 0 amide bonds. The van der Waals surface area contributed by atoms with Crippen molar-refractivity contribution in [2.24, 2.45) is 5.92 Å². The zero-order valence-electron chi connectivity index (χ0n) is 18.8. The SMILES string of the molecule is CCCC/C=C/C(CCCCCCCCCCCCCC)COS(=O)(=O)[O-].[Na+]. The van der Waals surface area contributed by atoms with E-state index in [0.29, 0.717) is 0 Å². The van der Waals surface area contributed by atoms with Crippen molar-refractivity contribution in [3.8, 4) is 0 Å². The van der Waals surface area contributed by atoms with Gasteiger partial charge in [0, 0.05) is 5.92 Å². The standard InChI is InChI=1S/C22H44O4S.Na/c1-3-5-7-9-10-11-12-13-14-15-16-18-20-22(19-17-8-6-4-2)21-26-27(23,24)25;/h17,19,22H,3-16,18,20-21H2,1-2H3,(H,23,24,25);/q;+1/p-1/b19-17+;. The van der Waals surface area contributed by atoms with E-state index in [2.05, 4.69) is 24.1 Å². The molecule has 0 radical (unpaired) electrons. The molecule has 0 aromatic rings. The van der Waals surface area contributed by atoms with E-state index in [9.17, 15) is 13.0 Å². The quantitative estimate of drug-likeness (QED) is 0.0973. The molecule has 4 nitrogen and oxygen atoms in total. The van der Waals surface area contributed by atoms with Crippen molar-refractivity contribution in [2.45, 2.75) is 117 Å². The van der Waals surface area contributed by atoms with Gasteiger partial charge in [-0.05, 0) is 12.8 Å². The van der Waals surface area contributed by atoms with E-state index in [-0.39, 0.29) is 42.1 Å². The second-order valence-electron chi connectivity index (χ2n) is 7.70. The molecule has 0 aromatic carbocycles. The van der Waals surface area contributed by atoms with Crippen LogP contribution in [0.3, 0.4) is 0 Å². The Labute approximate surface area is 197 Å². The second-order valence-corrected chi connectivity index (χ2v) is 8.75. The molecule has 1 atom stereocenters. The molecule has 162 valence electrons. The zero-order valence-corrected chi connectivity index (χ0v) is 21.6. The normalized spacial score (nSPS) is 13.0. The minimum Gasteiger partial charge on any atom is -0.726 e. The van der Waals surface area contributed by atoms with E-state index in [1.165, 1.54) is 70.6 Å². The van der Waals surface area contributed by atoms with Crippen LogP contribution in [0.2, 0.25) is 0 Å². The molecule has 0 rings (SSSR count). The molecule has 0 N–H and O–H groups in total. The van der Waals surface area contributed by atoms with Crippen molar-refractivity contribution >= 4 is 10.4 Å². The summed E-state index contributed by atoms with van der Waals surface area (Å²) in [5.74, 6) is 0.0219. The van der Waals surface area contributed by atoms with Crippen LogP contribution in [0.5, 0.6) is 0 Å². The van der Waals surface area contributed by atoms with Crippen LogP contribution in [0.15, 0.2) is 12.2 Å². The van der Waals surface area contributed by atoms with E-state index in [1.807, 2.05) is 6.08 Å². The first-order valence-electron chi connectivity index (χ1n) is 11.3. The average Bonchev–Trinajstić information content (AvgIpc) is 2.62. The van der Waals surface area contributed by atoms with Crippen LogP contribution in [0, 0.1) is 5.92 Å². The van der Waals surface area contributed by atoms with Crippen LogP contribution < -0.4 is 29.6 Å². The molecular formula is C22H43NaO4S. The van der Waals surface area contributed by atoms with E-state index in [4.69, 9.17) is 0 Å². The fourth-order valence-corrected chi connectivity index (χ4v) is 3.61. The molecule has 0 aromatic heterocycles.